The lowest BCUT2D eigenvalue weighted by Gasteiger charge is -2.16. The van der Waals surface area contributed by atoms with Gasteiger partial charge in [-0.25, -0.2) is 0 Å². The molecule has 0 saturated heterocycles. The van der Waals surface area contributed by atoms with Crippen LogP contribution >= 0.6 is 11.3 Å². The summed E-state index contributed by atoms with van der Waals surface area (Å²) in [7, 11) is 0. The lowest BCUT2D eigenvalue weighted by molar-refractivity contribution is -0.141. The highest BCUT2D eigenvalue weighted by molar-refractivity contribution is 7.15. The first-order valence-electron chi connectivity index (χ1n) is 12.1. The first kappa shape index (κ1) is 23.9. The van der Waals surface area contributed by atoms with Crippen LogP contribution in [-0.2, 0) is 11.2 Å². The summed E-state index contributed by atoms with van der Waals surface area (Å²) in [6.07, 6.45) is 0.944. The molecule has 3 heterocycles. The first-order chi connectivity index (χ1) is 17.3. The fourth-order valence-electron chi connectivity index (χ4n) is 4.56. The molecule has 184 valence electrons. The van der Waals surface area contributed by atoms with Crippen molar-refractivity contribution in [3.8, 4) is 5.00 Å². The Labute approximate surface area is 214 Å². The Bertz CT molecular complexity index is 1440. The van der Waals surface area contributed by atoms with Crippen LogP contribution in [0.4, 0.5) is 5.69 Å². The third-order valence-electron chi connectivity index (χ3n) is 6.80. The zero-order chi connectivity index (χ0) is 25.4. The molecule has 0 saturated carbocycles. The number of aromatic nitrogens is 3. The van der Waals surface area contributed by atoms with E-state index in [1.165, 1.54) is 10.4 Å². The molecular weight excluding hydrogens is 470 g/mol. The van der Waals surface area contributed by atoms with E-state index >= 15 is 0 Å². The van der Waals surface area contributed by atoms with Crippen molar-refractivity contribution in [2.24, 2.45) is 10.9 Å². The maximum atomic E-state index is 12.0. The van der Waals surface area contributed by atoms with Crippen molar-refractivity contribution in [3.63, 3.8) is 0 Å². The molecule has 7 nitrogen and oxygen atoms in total. The van der Waals surface area contributed by atoms with Crippen LogP contribution in [0.3, 0.4) is 0 Å². The molecule has 0 bridgehead atoms. The number of carboxylic acid groups (broad SMARTS) is 1. The number of aryl methyl sites for hydroxylation is 2. The van der Waals surface area contributed by atoms with Crippen molar-refractivity contribution < 1.29 is 9.90 Å². The molecule has 2 aromatic carbocycles. The van der Waals surface area contributed by atoms with Gasteiger partial charge in [-0.1, -0.05) is 42.5 Å². The number of carboxylic acids is 1. The first-order valence-corrected chi connectivity index (χ1v) is 12.9. The van der Waals surface area contributed by atoms with Crippen molar-refractivity contribution in [1.29, 1.82) is 0 Å². The fourth-order valence-corrected chi connectivity index (χ4v) is 5.77. The minimum atomic E-state index is -0.911. The largest absolute Gasteiger partial charge is 0.481 e. The summed E-state index contributed by atoms with van der Waals surface area (Å²) in [6.45, 7) is 8.61. The molecule has 0 radical (unpaired) electrons. The molecular formula is C28H29N5O2S. The molecule has 0 fully saturated rings. The van der Waals surface area contributed by atoms with Gasteiger partial charge < -0.3 is 10.4 Å². The molecule has 5 rings (SSSR count). The summed E-state index contributed by atoms with van der Waals surface area (Å²) in [6, 6.07) is 18.0. The SMILES string of the molecule is Cc1sc2c(c1C)C(c1ccc(NCCc3ccccc3)cc1)=NC([C@H](C)C(=O)O)c1nnc(C)n1-2. The topological polar surface area (TPSA) is 92.4 Å². The summed E-state index contributed by atoms with van der Waals surface area (Å²) in [5.74, 6) is -0.369. The zero-order valence-corrected chi connectivity index (χ0v) is 21.6. The second-order valence-electron chi connectivity index (χ2n) is 9.19. The van der Waals surface area contributed by atoms with Crippen LogP contribution in [0.5, 0.6) is 0 Å². The molecule has 1 aliphatic heterocycles. The molecule has 1 aliphatic rings. The number of aliphatic carboxylic acids is 1. The lowest BCUT2D eigenvalue weighted by atomic mass is 9.98. The summed E-state index contributed by atoms with van der Waals surface area (Å²) >= 11 is 1.67. The number of hydrogen-bond acceptors (Lipinski definition) is 6. The van der Waals surface area contributed by atoms with E-state index in [9.17, 15) is 9.90 Å². The van der Waals surface area contributed by atoms with Crippen LogP contribution < -0.4 is 5.32 Å². The van der Waals surface area contributed by atoms with E-state index in [0.29, 0.717) is 5.82 Å². The van der Waals surface area contributed by atoms with Crippen LogP contribution in [0.25, 0.3) is 5.00 Å². The molecule has 2 aromatic heterocycles. The second-order valence-corrected chi connectivity index (χ2v) is 10.4. The Morgan fingerprint density at radius 1 is 1.08 bits per heavy atom. The predicted molar refractivity (Wildman–Crippen MR) is 144 cm³/mol. The normalized spacial score (nSPS) is 15.4. The van der Waals surface area contributed by atoms with Gasteiger partial charge in [-0.05, 0) is 57.4 Å². The van der Waals surface area contributed by atoms with Gasteiger partial charge in [-0.2, -0.15) is 0 Å². The number of fused-ring (bicyclic) bond motifs is 3. The molecule has 2 atom stereocenters. The number of nitrogens with zero attached hydrogens (tertiary/aromatic N) is 4. The number of aliphatic imine (C=N–C) groups is 1. The Balaban J connectivity index is 1.52. The van der Waals surface area contributed by atoms with E-state index in [2.05, 4.69) is 77.9 Å². The number of carbonyl (C=O) groups is 1. The van der Waals surface area contributed by atoms with Gasteiger partial charge in [0.1, 0.15) is 16.9 Å². The minimum absolute atomic E-state index is 0.569. The molecule has 8 heteroatoms. The summed E-state index contributed by atoms with van der Waals surface area (Å²) < 4.78 is 1.99. The standard InChI is InChI=1S/C28H29N5O2S/c1-16-18(3)36-27-23(16)25(30-24(17(2)28(34)35)26-32-31-19(4)33(26)27)21-10-12-22(13-11-21)29-15-14-20-8-6-5-7-9-20/h5-13,17,24,29H,14-15H2,1-4H3,(H,34,35)/t17-,24?/m0/s1. The minimum Gasteiger partial charge on any atom is -0.481 e. The molecule has 4 aromatic rings. The van der Waals surface area contributed by atoms with Crippen LogP contribution in [0.1, 0.15) is 51.7 Å². The van der Waals surface area contributed by atoms with E-state index in [0.717, 1.165) is 51.9 Å². The van der Waals surface area contributed by atoms with Crippen molar-refractivity contribution in [2.75, 3.05) is 11.9 Å². The van der Waals surface area contributed by atoms with Crippen LogP contribution in [0.2, 0.25) is 0 Å². The van der Waals surface area contributed by atoms with Crippen LogP contribution in [0, 0.1) is 26.7 Å². The number of thiophene rings is 1. The van der Waals surface area contributed by atoms with Gasteiger partial charge in [0.15, 0.2) is 5.82 Å². The van der Waals surface area contributed by atoms with Crippen molar-refractivity contribution >= 4 is 28.7 Å². The zero-order valence-electron chi connectivity index (χ0n) is 20.8. The van der Waals surface area contributed by atoms with E-state index in [-0.39, 0.29) is 0 Å². The average molecular weight is 500 g/mol. The highest BCUT2D eigenvalue weighted by Crippen LogP contribution is 2.40. The highest BCUT2D eigenvalue weighted by atomic mass is 32.1. The van der Waals surface area contributed by atoms with Gasteiger partial charge in [-0.15, -0.1) is 21.5 Å². The Hall–Kier alpha value is -3.78. The predicted octanol–water partition coefficient (Wildman–Crippen LogP) is 5.52. The smallest absolute Gasteiger partial charge is 0.308 e. The highest BCUT2D eigenvalue weighted by Gasteiger charge is 2.36. The number of rotatable bonds is 7. The molecule has 0 amide bonds. The van der Waals surface area contributed by atoms with Gasteiger partial charge >= 0.3 is 5.97 Å². The van der Waals surface area contributed by atoms with E-state index in [1.54, 1.807) is 18.3 Å². The Kier molecular flexibility index (Phi) is 6.45. The lowest BCUT2D eigenvalue weighted by Crippen LogP contribution is -2.21. The van der Waals surface area contributed by atoms with Crippen molar-refractivity contribution in [1.82, 2.24) is 14.8 Å². The Morgan fingerprint density at radius 3 is 2.50 bits per heavy atom. The summed E-state index contributed by atoms with van der Waals surface area (Å²) in [4.78, 5) is 18.3. The molecule has 0 aliphatic carbocycles. The van der Waals surface area contributed by atoms with Crippen LogP contribution in [-0.4, -0.2) is 38.1 Å². The number of anilines is 1. The van der Waals surface area contributed by atoms with Gasteiger partial charge in [0.25, 0.3) is 0 Å². The summed E-state index contributed by atoms with van der Waals surface area (Å²) in [5, 5.41) is 23.0. The van der Waals surface area contributed by atoms with E-state index in [4.69, 9.17) is 4.99 Å². The van der Waals surface area contributed by atoms with Gasteiger partial charge in [0.05, 0.1) is 11.6 Å². The van der Waals surface area contributed by atoms with E-state index in [1.807, 2.05) is 17.6 Å². The maximum absolute atomic E-state index is 12.0. The quantitative estimate of drug-likeness (QED) is 0.349. The van der Waals surface area contributed by atoms with Gasteiger partial charge in [0.2, 0.25) is 0 Å². The van der Waals surface area contributed by atoms with Gasteiger partial charge in [0, 0.05) is 28.2 Å². The molecule has 1 unspecified atom stereocenters. The fraction of sp³-hybridized carbons (Fsp3) is 0.286. The van der Waals surface area contributed by atoms with Crippen molar-refractivity contribution in [2.45, 2.75) is 40.2 Å². The molecule has 36 heavy (non-hydrogen) atoms. The third-order valence-corrected chi connectivity index (χ3v) is 7.99. The average Bonchev–Trinajstić information content (AvgIpc) is 3.34. The third kappa shape index (κ3) is 4.33. The van der Waals surface area contributed by atoms with Crippen LogP contribution in [0.15, 0.2) is 59.6 Å². The molecule has 2 N–H and O–H groups in total. The number of nitrogens with one attached hydrogen (secondary N) is 1. The number of benzene rings is 2. The van der Waals surface area contributed by atoms with E-state index < -0.39 is 17.9 Å². The monoisotopic (exact) mass is 499 g/mol. The number of hydrogen-bond donors (Lipinski definition) is 2. The van der Waals surface area contributed by atoms with Crippen molar-refractivity contribution in [3.05, 3.63) is 93.4 Å². The molecule has 0 spiro atoms. The second kappa shape index (κ2) is 9.70. The summed E-state index contributed by atoms with van der Waals surface area (Å²) in [5.41, 5.74) is 6.24. The maximum Gasteiger partial charge on any atom is 0.308 e. The Morgan fingerprint density at radius 2 is 1.81 bits per heavy atom. The van der Waals surface area contributed by atoms with Gasteiger partial charge in [-0.3, -0.25) is 14.4 Å².